The van der Waals surface area contributed by atoms with E-state index < -0.39 is 12.2 Å². The Labute approximate surface area is 197 Å². The van der Waals surface area contributed by atoms with Gasteiger partial charge in [0.05, 0.1) is 0 Å². The SMILES string of the molecule is O[C@H](COCc1ccccc1)C[C@@H](O)[C@@H](CCOCc1ccccc1)[Se]c1ccccc1. The summed E-state index contributed by atoms with van der Waals surface area (Å²) < 4.78 is 12.8. The Kier molecular flexibility index (Phi) is 11.0. The van der Waals surface area contributed by atoms with E-state index in [-0.39, 0.29) is 26.4 Å². The molecule has 32 heavy (non-hydrogen) atoms. The van der Waals surface area contributed by atoms with Crippen LogP contribution in [0, 0.1) is 0 Å². The number of ether oxygens (including phenoxy) is 2. The molecule has 0 aliphatic carbocycles. The monoisotopic (exact) mass is 500 g/mol. The van der Waals surface area contributed by atoms with Gasteiger partial charge in [-0.2, -0.15) is 0 Å². The van der Waals surface area contributed by atoms with E-state index in [1.54, 1.807) is 0 Å². The number of aliphatic hydroxyl groups excluding tert-OH is 2. The normalized spacial score (nSPS) is 14.1. The van der Waals surface area contributed by atoms with Gasteiger partial charge in [-0.1, -0.05) is 0 Å². The van der Waals surface area contributed by atoms with Gasteiger partial charge in [-0.15, -0.1) is 0 Å². The fraction of sp³-hybridized carbons (Fsp3) is 0.333. The van der Waals surface area contributed by atoms with Crippen molar-refractivity contribution >= 4 is 19.4 Å². The molecule has 3 atom stereocenters. The van der Waals surface area contributed by atoms with Crippen LogP contribution in [0.5, 0.6) is 0 Å². The van der Waals surface area contributed by atoms with Crippen molar-refractivity contribution in [1.82, 2.24) is 0 Å². The third-order valence-electron chi connectivity index (χ3n) is 5.05. The second-order valence-corrected chi connectivity index (χ2v) is 10.5. The van der Waals surface area contributed by atoms with Crippen LogP contribution < -0.4 is 4.46 Å². The Morgan fingerprint density at radius 2 is 1.22 bits per heavy atom. The molecular weight excluding hydrogens is 467 g/mol. The van der Waals surface area contributed by atoms with Gasteiger partial charge in [-0.3, -0.25) is 0 Å². The number of hydrogen-bond donors (Lipinski definition) is 2. The van der Waals surface area contributed by atoms with Crippen molar-refractivity contribution < 1.29 is 19.7 Å². The van der Waals surface area contributed by atoms with Crippen LogP contribution in [0.15, 0.2) is 91.0 Å². The van der Waals surface area contributed by atoms with Gasteiger partial charge < -0.3 is 0 Å². The third-order valence-corrected chi connectivity index (χ3v) is 7.98. The first kappa shape index (κ1) is 24.7. The van der Waals surface area contributed by atoms with Crippen molar-refractivity contribution in [3.63, 3.8) is 0 Å². The summed E-state index contributed by atoms with van der Waals surface area (Å²) in [4.78, 5) is 0.0597. The number of aliphatic hydroxyl groups is 2. The summed E-state index contributed by atoms with van der Waals surface area (Å²) in [6.45, 7) is 1.81. The Hall–Kier alpha value is -1.98. The minimum atomic E-state index is -0.701. The molecular formula is C27H32O4Se. The maximum absolute atomic E-state index is 10.9. The van der Waals surface area contributed by atoms with Gasteiger partial charge in [0.25, 0.3) is 0 Å². The van der Waals surface area contributed by atoms with E-state index in [1.165, 1.54) is 4.46 Å². The minimum absolute atomic E-state index is 0.0597. The second kappa shape index (κ2) is 14.2. The van der Waals surface area contributed by atoms with Crippen LogP contribution in [0.25, 0.3) is 0 Å². The summed E-state index contributed by atoms with van der Waals surface area (Å²) in [6.07, 6.45) is -0.258. The van der Waals surface area contributed by atoms with Crippen molar-refractivity contribution in [2.45, 2.75) is 43.1 Å². The van der Waals surface area contributed by atoms with Crippen molar-refractivity contribution in [3.8, 4) is 0 Å². The third kappa shape index (κ3) is 9.25. The van der Waals surface area contributed by atoms with E-state index in [0.717, 1.165) is 17.5 Å². The Balaban J connectivity index is 1.46. The van der Waals surface area contributed by atoms with E-state index in [9.17, 15) is 10.2 Å². The zero-order chi connectivity index (χ0) is 22.4. The quantitative estimate of drug-likeness (QED) is 0.262. The molecule has 4 nitrogen and oxygen atoms in total. The average Bonchev–Trinajstić information content (AvgIpc) is 2.83. The first-order valence-corrected chi connectivity index (χ1v) is 12.9. The van der Waals surface area contributed by atoms with E-state index in [4.69, 9.17) is 9.47 Å². The van der Waals surface area contributed by atoms with E-state index in [1.807, 2.05) is 78.9 Å². The summed E-state index contributed by atoms with van der Waals surface area (Å²) in [5.74, 6) is 0. The zero-order valence-electron chi connectivity index (χ0n) is 18.3. The van der Waals surface area contributed by atoms with E-state index >= 15 is 0 Å². The second-order valence-electron chi connectivity index (χ2n) is 7.75. The molecule has 0 radical (unpaired) electrons. The van der Waals surface area contributed by atoms with E-state index in [2.05, 4.69) is 12.1 Å². The standard InChI is InChI=1S/C27H32O4Se/c28-24(21-31-20-23-12-6-2-7-13-23)18-26(29)27(32-25-14-8-3-9-15-25)16-17-30-19-22-10-4-1-5-11-22/h1-15,24,26-29H,16-21H2/t24-,26+,27+/m0/s1. The molecule has 0 aliphatic rings. The van der Waals surface area contributed by atoms with Crippen molar-refractivity contribution in [2.24, 2.45) is 0 Å². The molecule has 170 valence electrons. The van der Waals surface area contributed by atoms with Crippen LogP contribution in [-0.4, -0.2) is 50.6 Å². The van der Waals surface area contributed by atoms with Gasteiger partial charge in [0, 0.05) is 0 Å². The Morgan fingerprint density at radius 3 is 1.81 bits per heavy atom. The van der Waals surface area contributed by atoms with E-state index in [0.29, 0.717) is 26.2 Å². The summed E-state index contributed by atoms with van der Waals surface area (Å²) >= 11 is 0.0847. The topological polar surface area (TPSA) is 58.9 Å². The zero-order valence-corrected chi connectivity index (χ0v) is 20.0. The summed E-state index contributed by atoms with van der Waals surface area (Å²) in [6, 6.07) is 30.2. The molecule has 0 bridgehead atoms. The molecule has 2 N–H and O–H groups in total. The molecule has 0 saturated heterocycles. The van der Waals surface area contributed by atoms with Crippen molar-refractivity contribution in [3.05, 3.63) is 102 Å². The average molecular weight is 500 g/mol. The molecule has 0 amide bonds. The van der Waals surface area contributed by atoms with Gasteiger partial charge in [0.15, 0.2) is 0 Å². The molecule has 5 heteroatoms. The van der Waals surface area contributed by atoms with Gasteiger partial charge >= 0.3 is 198 Å². The van der Waals surface area contributed by atoms with Crippen molar-refractivity contribution in [1.29, 1.82) is 0 Å². The Morgan fingerprint density at radius 1 is 0.688 bits per heavy atom. The summed E-state index contributed by atoms with van der Waals surface area (Å²) in [7, 11) is 0. The first-order chi connectivity index (χ1) is 15.7. The molecule has 3 aromatic carbocycles. The number of hydrogen-bond acceptors (Lipinski definition) is 4. The fourth-order valence-corrected chi connectivity index (χ4v) is 5.76. The van der Waals surface area contributed by atoms with Crippen molar-refractivity contribution in [2.75, 3.05) is 13.2 Å². The molecule has 3 aromatic rings. The van der Waals surface area contributed by atoms with Crippen LogP contribution in [0.3, 0.4) is 0 Å². The molecule has 0 heterocycles. The summed E-state index contributed by atoms with van der Waals surface area (Å²) in [5.41, 5.74) is 2.21. The molecule has 0 fully saturated rings. The maximum atomic E-state index is 10.9. The Bertz CT molecular complexity index is 861. The fourth-order valence-electron chi connectivity index (χ4n) is 3.35. The van der Waals surface area contributed by atoms with Crippen LogP contribution >= 0.6 is 0 Å². The molecule has 0 unspecified atom stereocenters. The molecule has 0 saturated carbocycles. The van der Waals surface area contributed by atoms with Crippen LogP contribution in [-0.2, 0) is 22.7 Å². The first-order valence-electron chi connectivity index (χ1n) is 11.0. The predicted octanol–water partition coefficient (Wildman–Crippen LogP) is 3.74. The summed E-state index contributed by atoms with van der Waals surface area (Å²) in [5, 5.41) is 21.3. The molecule has 3 rings (SSSR count). The predicted molar refractivity (Wildman–Crippen MR) is 129 cm³/mol. The molecule has 0 aliphatic heterocycles. The number of benzene rings is 3. The van der Waals surface area contributed by atoms with Gasteiger partial charge in [-0.25, -0.2) is 0 Å². The van der Waals surface area contributed by atoms with Gasteiger partial charge in [0.2, 0.25) is 0 Å². The van der Waals surface area contributed by atoms with Crippen LogP contribution in [0.1, 0.15) is 24.0 Å². The van der Waals surface area contributed by atoms with Crippen LogP contribution in [0.4, 0.5) is 0 Å². The van der Waals surface area contributed by atoms with Gasteiger partial charge in [0.1, 0.15) is 0 Å². The molecule has 0 aromatic heterocycles. The number of rotatable bonds is 14. The molecule has 0 spiro atoms. The van der Waals surface area contributed by atoms with Crippen LogP contribution in [0.2, 0.25) is 4.82 Å². The van der Waals surface area contributed by atoms with Gasteiger partial charge in [-0.05, 0) is 0 Å².